The Bertz CT molecular complexity index is 686. The third kappa shape index (κ3) is 2.30. The lowest BCUT2D eigenvalue weighted by Crippen LogP contribution is -2.19. The van der Waals surface area contributed by atoms with E-state index in [1.54, 1.807) is 6.07 Å². The van der Waals surface area contributed by atoms with Gasteiger partial charge >= 0.3 is 6.03 Å². The van der Waals surface area contributed by atoms with Gasteiger partial charge < -0.3 is 15.8 Å². The molecule has 102 valence electrons. The number of nitrogens with two attached hydrogens (primary N) is 1. The summed E-state index contributed by atoms with van der Waals surface area (Å²) in [4.78, 5) is 10.7. The highest BCUT2D eigenvalue weighted by atomic mass is 19.1. The number of benzene rings is 2. The molecule has 0 spiro atoms. The van der Waals surface area contributed by atoms with Crippen LogP contribution in [0.25, 0.3) is 11.1 Å². The average molecular weight is 272 g/mol. The summed E-state index contributed by atoms with van der Waals surface area (Å²) in [6.07, 6.45) is 0.868. The molecular weight excluding hydrogens is 259 g/mol. The van der Waals surface area contributed by atoms with Crippen molar-refractivity contribution in [1.29, 1.82) is 0 Å². The summed E-state index contributed by atoms with van der Waals surface area (Å²) in [5.41, 5.74) is 7.83. The first-order valence-corrected chi connectivity index (χ1v) is 6.25. The quantitative estimate of drug-likeness (QED) is 0.882. The Morgan fingerprint density at radius 3 is 2.70 bits per heavy atom. The van der Waals surface area contributed by atoms with E-state index < -0.39 is 11.8 Å². The van der Waals surface area contributed by atoms with E-state index in [1.807, 2.05) is 18.2 Å². The van der Waals surface area contributed by atoms with Crippen LogP contribution in [0.4, 0.5) is 14.9 Å². The second-order valence-electron chi connectivity index (χ2n) is 4.60. The van der Waals surface area contributed by atoms with Crippen LogP contribution in [0.15, 0.2) is 36.4 Å². The molecule has 1 aliphatic rings. The molecule has 0 aliphatic carbocycles. The highest BCUT2D eigenvalue weighted by Crippen LogP contribution is 2.31. The summed E-state index contributed by atoms with van der Waals surface area (Å²) in [5, 5.41) is 2.24. The molecule has 4 nitrogen and oxygen atoms in total. The summed E-state index contributed by atoms with van der Waals surface area (Å²) in [5.74, 6) is 0.374. The van der Waals surface area contributed by atoms with E-state index in [1.165, 1.54) is 12.1 Å². The van der Waals surface area contributed by atoms with Crippen LogP contribution in [0.1, 0.15) is 5.56 Å². The third-order valence-corrected chi connectivity index (χ3v) is 3.25. The van der Waals surface area contributed by atoms with Gasteiger partial charge in [-0.3, -0.25) is 0 Å². The van der Waals surface area contributed by atoms with Gasteiger partial charge in [0.25, 0.3) is 0 Å². The molecule has 0 unspecified atom stereocenters. The molecule has 1 aliphatic heterocycles. The van der Waals surface area contributed by atoms with Crippen LogP contribution in [-0.2, 0) is 6.42 Å². The predicted molar refractivity (Wildman–Crippen MR) is 74.2 cm³/mol. The standard InChI is InChI=1S/C15H13FN2O2/c16-12-8-10(1-3-13(12)18-15(17)19)9-2-4-14-11(7-9)5-6-20-14/h1-4,7-8H,5-6H2,(H3,17,18,19). The maximum atomic E-state index is 13.9. The molecule has 0 radical (unpaired) electrons. The molecule has 2 aromatic rings. The van der Waals surface area contributed by atoms with Crippen LogP contribution in [0, 0.1) is 5.82 Å². The maximum absolute atomic E-state index is 13.9. The van der Waals surface area contributed by atoms with Crippen molar-refractivity contribution in [3.63, 3.8) is 0 Å². The largest absolute Gasteiger partial charge is 0.493 e. The van der Waals surface area contributed by atoms with Gasteiger partial charge in [0.1, 0.15) is 11.6 Å². The minimum atomic E-state index is -0.786. The minimum absolute atomic E-state index is 0.0748. The molecular formula is C15H13FN2O2. The fraction of sp³-hybridized carbons (Fsp3) is 0.133. The lowest BCUT2D eigenvalue weighted by Gasteiger charge is -2.08. The number of carbonyl (C=O) groups is 1. The van der Waals surface area contributed by atoms with Gasteiger partial charge in [-0.15, -0.1) is 0 Å². The van der Waals surface area contributed by atoms with Crippen LogP contribution < -0.4 is 15.8 Å². The summed E-state index contributed by atoms with van der Waals surface area (Å²) >= 11 is 0. The maximum Gasteiger partial charge on any atom is 0.316 e. The number of urea groups is 1. The van der Waals surface area contributed by atoms with E-state index in [9.17, 15) is 9.18 Å². The fourth-order valence-electron chi connectivity index (χ4n) is 2.29. The number of hydrogen-bond donors (Lipinski definition) is 2. The second kappa shape index (κ2) is 4.85. The number of primary amides is 1. The summed E-state index contributed by atoms with van der Waals surface area (Å²) in [6.45, 7) is 0.689. The second-order valence-corrected chi connectivity index (χ2v) is 4.60. The van der Waals surface area contributed by atoms with E-state index in [0.717, 1.165) is 28.9 Å². The van der Waals surface area contributed by atoms with Crippen LogP contribution in [0.5, 0.6) is 5.75 Å². The van der Waals surface area contributed by atoms with Crippen molar-refractivity contribution in [3.05, 3.63) is 47.8 Å². The van der Waals surface area contributed by atoms with Gasteiger partial charge in [-0.25, -0.2) is 9.18 Å². The van der Waals surface area contributed by atoms with Crippen LogP contribution in [0.3, 0.4) is 0 Å². The topological polar surface area (TPSA) is 64.4 Å². The van der Waals surface area contributed by atoms with Crippen molar-refractivity contribution in [2.75, 3.05) is 11.9 Å². The number of carbonyl (C=O) groups excluding carboxylic acids is 1. The number of amides is 2. The molecule has 0 saturated carbocycles. The van der Waals surface area contributed by atoms with E-state index in [4.69, 9.17) is 10.5 Å². The molecule has 0 fully saturated rings. The predicted octanol–water partition coefficient (Wildman–Crippen LogP) is 2.92. The van der Waals surface area contributed by atoms with Crippen molar-refractivity contribution < 1.29 is 13.9 Å². The Hall–Kier alpha value is -2.56. The Balaban J connectivity index is 1.94. The molecule has 0 bridgehead atoms. The Morgan fingerprint density at radius 2 is 1.95 bits per heavy atom. The van der Waals surface area contributed by atoms with E-state index >= 15 is 0 Å². The number of hydrogen-bond acceptors (Lipinski definition) is 2. The molecule has 5 heteroatoms. The number of halogens is 1. The lowest BCUT2D eigenvalue weighted by atomic mass is 10.0. The van der Waals surface area contributed by atoms with Crippen LogP contribution in [-0.4, -0.2) is 12.6 Å². The molecule has 3 N–H and O–H groups in total. The van der Waals surface area contributed by atoms with Gasteiger partial charge in [0.2, 0.25) is 0 Å². The first kappa shape index (κ1) is 12.5. The van der Waals surface area contributed by atoms with Gasteiger partial charge in [0, 0.05) is 6.42 Å². The number of rotatable bonds is 2. The normalized spacial score (nSPS) is 12.7. The molecule has 0 atom stereocenters. The van der Waals surface area contributed by atoms with Gasteiger partial charge in [0.15, 0.2) is 0 Å². The monoisotopic (exact) mass is 272 g/mol. The van der Waals surface area contributed by atoms with E-state index in [2.05, 4.69) is 5.32 Å². The number of fused-ring (bicyclic) bond motifs is 1. The smallest absolute Gasteiger partial charge is 0.316 e. The summed E-state index contributed by atoms with van der Waals surface area (Å²) in [6, 6.07) is 9.61. The zero-order valence-corrected chi connectivity index (χ0v) is 10.7. The molecule has 0 aromatic heterocycles. The first-order chi connectivity index (χ1) is 9.63. The molecule has 3 rings (SSSR count). The lowest BCUT2D eigenvalue weighted by molar-refractivity contribution is 0.259. The van der Waals surface area contributed by atoms with E-state index in [0.29, 0.717) is 6.61 Å². The number of nitrogens with one attached hydrogen (secondary N) is 1. The average Bonchev–Trinajstić information content (AvgIpc) is 2.87. The third-order valence-electron chi connectivity index (χ3n) is 3.25. The van der Waals surface area contributed by atoms with Gasteiger partial charge in [0.05, 0.1) is 12.3 Å². The van der Waals surface area contributed by atoms with Crippen molar-refractivity contribution in [2.45, 2.75) is 6.42 Å². The molecule has 0 saturated heterocycles. The zero-order chi connectivity index (χ0) is 14.1. The highest BCUT2D eigenvalue weighted by molar-refractivity contribution is 5.88. The minimum Gasteiger partial charge on any atom is -0.493 e. The Labute approximate surface area is 115 Å². The van der Waals surface area contributed by atoms with Crippen LogP contribution >= 0.6 is 0 Å². The molecule has 2 aromatic carbocycles. The SMILES string of the molecule is NC(=O)Nc1ccc(-c2ccc3c(c2)CCO3)cc1F. The van der Waals surface area contributed by atoms with E-state index in [-0.39, 0.29) is 5.69 Å². The van der Waals surface area contributed by atoms with Crippen molar-refractivity contribution >= 4 is 11.7 Å². The van der Waals surface area contributed by atoms with Gasteiger partial charge in [-0.2, -0.15) is 0 Å². The van der Waals surface area contributed by atoms with Crippen molar-refractivity contribution in [1.82, 2.24) is 0 Å². The first-order valence-electron chi connectivity index (χ1n) is 6.25. The van der Waals surface area contributed by atoms with Gasteiger partial charge in [-0.1, -0.05) is 12.1 Å². The van der Waals surface area contributed by atoms with Crippen molar-refractivity contribution in [3.8, 4) is 16.9 Å². The number of anilines is 1. The summed E-state index contributed by atoms with van der Waals surface area (Å²) < 4.78 is 19.3. The van der Waals surface area contributed by atoms with Crippen LogP contribution in [0.2, 0.25) is 0 Å². The van der Waals surface area contributed by atoms with Gasteiger partial charge in [-0.05, 0) is 41.0 Å². The summed E-state index contributed by atoms with van der Waals surface area (Å²) in [7, 11) is 0. The highest BCUT2D eigenvalue weighted by Gasteiger charge is 2.13. The molecule has 1 heterocycles. The zero-order valence-electron chi connectivity index (χ0n) is 10.7. The Morgan fingerprint density at radius 1 is 1.20 bits per heavy atom. The Kier molecular flexibility index (Phi) is 3.02. The molecule has 2 amide bonds. The van der Waals surface area contributed by atoms with Crippen molar-refractivity contribution in [2.24, 2.45) is 5.73 Å². The fourth-order valence-corrected chi connectivity index (χ4v) is 2.29. The molecule has 20 heavy (non-hydrogen) atoms. The number of ether oxygens (including phenoxy) is 1.